The zero-order chi connectivity index (χ0) is 11.9. The van der Waals surface area contributed by atoms with Gasteiger partial charge in [0.05, 0.1) is 18.9 Å². The first-order chi connectivity index (χ1) is 6.97. The molecule has 0 spiro atoms. The van der Waals surface area contributed by atoms with Crippen LogP contribution in [0.5, 0.6) is 0 Å². The van der Waals surface area contributed by atoms with E-state index in [2.05, 4.69) is 5.32 Å². The van der Waals surface area contributed by atoms with Gasteiger partial charge in [-0.2, -0.15) is 4.31 Å². The normalized spacial score (nSPS) is 11.7. The molecule has 0 saturated carbocycles. The lowest BCUT2D eigenvalue weighted by Crippen LogP contribution is -2.41. The standard InChI is InChI=1S/C8H18N2O4S/c1-3-4-10(7-8(12)9-2)15(13,14)6-5-11/h11H,3-7H2,1-2H3,(H,9,12). The smallest absolute Gasteiger partial charge is 0.235 e. The van der Waals surface area contributed by atoms with Gasteiger partial charge in [0, 0.05) is 13.6 Å². The van der Waals surface area contributed by atoms with Crippen LogP contribution >= 0.6 is 0 Å². The van der Waals surface area contributed by atoms with Crippen LogP contribution in [0.15, 0.2) is 0 Å². The molecule has 0 fully saturated rings. The minimum atomic E-state index is -3.52. The summed E-state index contributed by atoms with van der Waals surface area (Å²) in [7, 11) is -2.07. The minimum absolute atomic E-state index is 0.188. The topological polar surface area (TPSA) is 86.7 Å². The van der Waals surface area contributed by atoms with Gasteiger partial charge in [-0.05, 0) is 6.42 Å². The largest absolute Gasteiger partial charge is 0.395 e. The second kappa shape index (κ2) is 6.76. The first-order valence-electron chi connectivity index (χ1n) is 4.77. The molecular weight excluding hydrogens is 220 g/mol. The first kappa shape index (κ1) is 14.3. The summed E-state index contributed by atoms with van der Waals surface area (Å²) < 4.78 is 24.2. The van der Waals surface area contributed by atoms with Crippen molar-refractivity contribution in [2.75, 3.05) is 32.5 Å². The number of hydrogen-bond donors (Lipinski definition) is 2. The number of nitrogens with zero attached hydrogens (tertiary/aromatic N) is 1. The van der Waals surface area contributed by atoms with E-state index in [-0.39, 0.29) is 24.7 Å². The van der Waals surface area contributed by atoms with Crippen LogP contribution in [0.3, 0.4) is 0 Å². The second-order valence-corrected chi connectivity index (χ2v) is 5.13. The molecule has 0 bridgehead atoms. The summed E-state index contributed by atoms with van der Waals surface area (Å²) in [6.07, 6.45) is 0.627. The Balaban J connectivity index is 4.57. The van der Waals surface area contributed by atoms with Crippen molar-refractivity contribution >= 4 is 15.9 Å². The van der Waals surface area contributed by atoms with Crippen LogP contribution in [0.4, 0.5) is 0 Å². The Morgan fingerprint density at radius 1 is 1.47 bits per heavy atom. The molecule has 1 amide bonds. The Morgan fingerprint density at radius 2 is 2.07 bits per heavy atom. The fourth-order valence-corrected chi connectivity index (χ4v) is 2.31. The van der Waals surface area contributed by atoms with Gasteiger partial charge in [0.15, 0.2) is 0 Å². The molecule has 0 aromatic carbocycles. The van der Waals surface area contributed by atoms with Crippen LogP contribution in [-0.4, -0.2) is 56.2 Å². The van der Waals surface area contributed by atoms with E-state index in [1.807, 2.05) is 6.92 Å². The van der Waals surface area contributed by atoms with E-state index < -0.39 is 16.6 Å². The number of nitrogens with one attached hydrogen (secondary N) is 1. The highest BCUT2D eigenvalue weighted by Crippen LogP contribution is 2.02. The van der Waals surface area contributed by atoms with Crippen LogP contribution in [0.1, 0.15) is 13.3 Å². The van der Waals surface area contributed by atoms with Crippen molar-refractivity contribution in [3.63, 3.8) is 0 Å². The van der Waals surface area contributed by atoms with E-state index in [0.717, 1.165) is 4.31 Å². The van der Waals surface area contributed by atoms with Crippen molar-refractivity contribution < 1.29 is 18.3 Å². The molecular formula is C8H18N2O4S. The number of rotatable bonds is 7. The van der Waals surface area contributed by atoms with Crippen LogP contribution in [0, 0.1) is 0 Å². The molecule has 0 unspecified atom stereocenters. The van der Waals surface area contributed by atoms with Crippen LogP contribution < -0.4 is 5.32 Å². The summed E-state index contributed by atoms with van der Waals surface area (Å²) in [5, 5.41) is 11.0. The van der Waals surface area contributed by atoms with Crippen molar-refractivity contribution in [1.29, 1.82) is 0 Å². The molecule has 15 heavy (non-hydrogen) atoms. The van der Waals surface area contributed by atoms with E-state index in [9.17, 15) is 13.2 Å². The molecule has 0 rings (SSSR count). The molecule has 0 aliphatic rings. The molecule has 0 heterocycles. The Morgan fingerprint density at radius 3 is 2.47 bits per heavy atom. The molecule has 0 aromatic heterocycles. The predicted molar refractivity (Wildman–Crippen MR) is 56.8 cm³/mol. The third-order valence-electron chi connectivity index (χ3n) is 1.81. The maximum absolute atomic E-state index is 11.6. The zero-order valence-electron chi connectivity index (χ0n) is 9.06. The number of hydrogen-bond acceptors (Lipinski definition) is 4. The Kier molecular flexibility index (Phi) is 6.46. The highest BCUT2D eigenvalue weighted by molar-refractivity contribution is 7.89. The average Bonchev–Trinajstić information content (AvgIpc) is 2.16. The number of amides is 1. The maximum Gasteiger partial charge on any atom is 0.235 e. The van der Waals surface area contributed by atoms with Gasteiger partial charge in [-0.25, -0.2) is 8.42 Å². The van der Waals surface area contributed by atoms with E-state index in [0.29, 0.717) is 6.42 Å². The van der Waals surface area contributed by atoms with Crippen molar-refractivity contribution in [3.8, 4) is 0 Å². The summed E-state index contributed by atoms with van der Waals surface area (Å²) in [5.74, 6) is -0.700. The van der Waals surface area contributed by atoms with E-state index in [4.69, 9.17) is 5.11 Å². The van der Waals surface area contributed by atoms with Gasteiger partial charge in [0.2, 0.25) is 15.9 Å². The first-order valence-corrected chi connectivity index (χ1v) is 6.38. The van der Waals surface area contributed by atoms with Gasteiger partial charge < -0.3 is 10.4 Å². The predicted octanol–water partition coefficient (Wildman–Crippen LogP) is -1.23. The average molecular weight is 238 g/mol. The summed E-state index contributed by atoms with van der Waals surface area (Å²) in [6.45, 7) is 1.49. The second-order valence-electron chi connectivity index (χ2n) is 3.05. The van der Waals surface area contributed by atoms with E-state index in [1.165, 1.54) is 7.05 Å². The van der Waals surface area contributed by atoms with Crippen molar-refractivity contribution in [2.45, 2.75) is 13.3 Å². The van der Waals surface area contributed by atoms with Crippen molar-refractivity contribution in [3.05, 3.63) is 0 Å². The quantitative estimate of drug-likeness (QED) is 0.581. The molecule has 2 N–H and O–H groups in total. The Labute approximate surface area is 90.3 Å². The number of aliphatic hydroxyl groups excluding tert-OH is 1. The highest BCUT2D eigenvalue weighted by atomic mass is 32.2. The van der Waals surface area contributed by atoms with Gasteiger partial charge in [0.1, 0.15) is 0 Å². The zero-order valence-corrected chi connectivity index (χ0v) is 9.88. The van der Waals surface area contributed by atoms with Crippen LogP contribution in [0.2, 0.25) is 0 Å². The lowest BCUT2D eigenvalue weighted by Gasteiger charge is -2.19. The summed E-state index contributed by atoms with van der Waals surface area (Å²) >= 11 is 0. The molecule has 0 aliphatic carbocycles. The maximum atomic E-state index is 11.6. The highest BCUT2D eigenvalue weighted by Gasteiger charge is 2.22. The van der Waals surface area contributed by atoms with Gasteiger partial charge in [-0.3, -0.25) is 4.79 Å². The number of likely N-dealkylation sites (N-methyl/N-ethyl adjacent to an activating group) is 1. The van der Waals surface area contributed by atoms with Gasteiger partial charge in [0.25, 0.3) is 0 Å². The van der Waals surface area contributed by atoms with E-state index in [1.54, 1.807) is 0 Å². The summed E-state index contributed by atoms with van der Waals surface area (Å²) in [5.41, 5.74) is 0. The fraction of sp³-hybridized carbons (Fsp3) is 0.875. The van der Waals surface area contributed by atoms with Crippen LogP contribution in [0.25, 0.3) is 0 Å². The number of aliphatic hydroxyl groups is 1. The van der Waals surface area contributed by atoms with Gasteiger partial charge >= 0.3 is 0 Å². The molecule has 0 radical (unpaired) electrons. The minimum Gasteiger partial charge on any atom is -0.395 e. The molecule has 7 heteroatoms. The summed E-state index contributed by atoms with van der Waals surface area (Å²) in [6, 6.07) is 0. The van der Waals surface area contributed by atoms with Crippen molar-refractivity contribution in [1.82, 2.24) is 9.62 Å². The van der Waals surface area contributed by atoms with Gasteiger partial charge in [-0.1, -0.05) is 6.92 Å². The number of carbonyl (C=O) groups is 1. The SMILES string of the molecule is CCCN(CC(=O)NC)S(=O)(=O)CCO. The molecule has 90 valence electrons. The molecule has 0 aliphatic heterocycles. The lowest BCUT2D eigenvalue weighted by atomic mass is 10.4. The fourth-order valence-electron chi connectivity index (χ4n) is 1.05. The third kappa shape index (κ3) is 5.10. The molecule has 6 nitrogen and oxygen atoms in total. The third-order valence-corrected chi connectivity index (χ3v) is 3.61. The number of carbonyl (C=O) groups excluding carboxylic acids is 1. The lowest BCUT2D eigenvalue weighted by molar-refractivity contribution is -0.120. The van der Waals surface area contributed by atoms with Crippen molar-refractivity contribution in [2.24, 2.45) is 0 Å². The monoisotopic (exact) mass is 238 g/mol. The summed E-state index contributed by atoms with van der Waals surface area (Å²) in [4.78, 5) is 11.1. The molecule has 0 atom stereocenters. The Bertz CT molecular complexity index is 289. The number of sulfonamides is 1. The molecule has 0 saturated heterocycles. The van der Waals surface area contributed by atoms with E-state index >= 15 is 0 Å². The van der Waals surface area contributed by atoms with Crippen LogP contribution in [-0.2, 0) is 14.8 Å². The van der Waals surface area contributed by atoms with Gasteiger partial charge in [-0.15, -0.1) is 0 Å². The Hall–Kier alpha value is -0.660. The molecule has 0 aromatic rings.